The molecule has 0 aliphatic heterocycles. The Bertz CT molecular complexity index is 1110. The molecule has 0 radical (unpaired) electrons. The molecule has 0 saturated heterocycles. The molecule has 1 aromatic carbocycles. The van der Waals surface area contributed by atoms with Crippen LogP contribution < -0.4 is 0 Å². The van der Waals surface area contributed by atoms with Crippen molar-refractivity contribution >= 4 is 11.3 Å². The summed E-state index contributed by atoms with van der Waals surface area (Å²) < 4.78 is 16.0. The zero-order chi connectivity index (χ0) is 21.7. The summed E-state index contributed by atoms with van der Waals surface area (Å²) in [5, 5.41) is 27.1. The minimum absolute atomic E-state index is 0.00984. The van der Waals surface area contributed by atoms with Gasteiger partial charge in [0.1, 0.15) is 24.1 Å². The smallest absolute Gasteiger partial charge is 0.137 e. The van der Waals surface area contributed by atoms with Gasteiger partial charge >= 0.3 is 0 Å². The second-order valence-corrected chi connectivity index (χ2v) is 7.56. The van der Waals surface area contributed by atoms with Gasteiger partial charge in [0.15, 0.2) is 0 Å². The molecule has 0 bridgehead atoms. The van der Waals surface area contributed by atoms with Crippen LogP contribution in [0.4, 0.5) is 4.39 Å². The third-order valence-electron chi connectivity index (χ3n) is 4.90. The van der Waals surface area contributed by atoms with Crippen LogP contribution >= 0.6 is 11.3 Å². The Balaban J connectivity index is 2.01. The molecule has 0 saturated carbocycles. The topological polar surface area (TPSA) is 87.6 Å². The zero-order valence-electron chi connectivity index (χ0n) is 16.4. The van der Waals surface area contributed by atoms with E-state index in [2.05, 4.69) is 34.3 Å². The lowest BCUT2D eigenvalue weighted by Gasteiger charge is -2.34. The summed E-state index contributed by atoms with van der Waals surface area (Å²) in [7, 11) is 0. The number of hydrogen-bond acceptors (Lipinski definition) is 6. The first-order valence-electron chi connectivity index (χ1n) is 9.08. The fourth-order valence-electron chi connectivity index (χ4n) is 3.15. The molecule has 3 rings (SSSR count). The van der Waals surface area contributed by atoms with Gasteiger partial charge in [0.05, 0.1) is 28.9 Å². The number of benzene rings is 1. The van der Waals surface area contributed by atoms with E-state index in [1.807, 2.05) is 17.5 Å². The number of aliphatic hydroxyl groups is 1. The largest absolute Gasteiger partial charge is 0.382 e. The highest BCUT2D eigenvalue weighted by atomic mass is 32.1. The predicted molar refractivity (Wildman–Crippen MR) is 114 cm³/mol. The van der Waals surface area contributed by atoms with Gasteiger partial charge in [-0.3, -0.25) is 0 Å². The summed E-state index contributed by atoms with van der Waals surface area (Å²) in [5.74, 6) is -1.25. The van der Waals surface area contributed by atoms with Gasteiger partial charge in [-0.2, -0.15) is 10.4 Å². The number of rotatable bonds is 8. The SMILES string of the molecule is C=C/C(F)=C(\C=C)[C@@](O)(Cn1cncn1)[C@@H](C)c1nc(-c2ccc(C#N)cc2)cs1. The number of halogens is 1. The second-order valence-electron chi connectivity index (χ2n) is 6.67. The van der Waals surface area contributed by atoms with Gasteiger partial charge in [0, 0.05) is 22.4 Å². The Morgan fingerprint density at radius 1 is 1.37 bits per heavy atom. The lowest BCUT2D eigenvalue weighted by atomic mass is 9.81. The van der Waals surface area contributed by atoms with Crippen molar-refractivity contribution in [1.82, 2.24) is 19.7 Å². The maximum Gasteiger partial charge on any atom is 0.137 e. The lowest BCUT2D eigenvalue weighted by Crippen LogP contribution is -2.42. The van der Waals surface area contributed by atoms with E-state index in [-0.39, 0.29) is 12.1 Å². The molecule has 0 unspecified atom stereocenters. The zero-order valence-corrected chi connectivity index (χ0v) is 17.2. The summed E-state index contributed by atoms with van der Waals surface area (Å²) in [4.78, 5) is 8.55. The molecular weight excluding hydrogens is 401 g/mol. The van der Waals surface area contributed by atoms with E-state index in [0.29, 0.717) is 16.3 Å². The van der Waals surface area contributed by atoms with Crippen LogP contribution in [0.25, 0.3) is 11.3 Å². The van der Waals surface area contributed by atoms with Crippen molar-refractivity contribution in [2.24, 2.45) is 0 Å². The molecule has 0 amide bonds. The van der Waals surface area contributed by atoms with Crippen LogP contribution in [0.1, 0.15) is 23.4 Å². The standard InChI is InChI=1S/C22H20FN5OS/c1-4-18(19(23)5-2)22(29,12-28-14-25-13-26-28)15(3)21-27-20(11-30-21)17-8-6-16(10-24)7-9-17/h4-9,11,13-15,29H,1-2,12H2,3H3/b19-18-/t15-,22+/m0/s1. The van der Waals surface area contributed by atoms with Crippen LogP contribution in [-0.4, -0.2) is 30.5 Å². The van der Waals surface area contributed by atoms with Gasteiger partial charge in [0.2, 0.25) is 0 Å². The normalized spacial score (nSPS) is 14.9. The van der Waals surface area contributed by atoms with Crippen molar-refractivity contribution in [2.45, 2.75) is 25.0 Å². The highest BCUT2D eigenvalue weighted by molar-refractivity contribution is 7.10. The molecule has 2 heterocycles. The van der Waals surface area contributed by atoms with Crippen LogP contribution in [0, 0.1) is 11.3 Å². The van der Waals surface area contributed by atoms with Crippen molar-refractivity contribution in [3.8, 4) is 17.3 Å². The number of hydrogen-bond donors (Lipinski definition) is 1. The Hall–Kier alpha value is -3.41. The van der Waals surface area contributed by atoms with Gasteiger partial charge in [-0.25, -0.2) is 19.0 Å². The maximum absolute atomic E-state index is 14.6. The summed E-state index contributed by atoms with van der Waals surface area (Å²) in [6.45, 7) is 8.88. The first-order chi connectivity index (χ1) is 14.4. The number of allylic oxidation sites excluding steroid dienone is 2. The van der Waals surface area contributed by atoms with E-state index in [1.54, 1.807) is 19.1 Å². The molecule has 2 atom stereocenters. The van der Waals surface area contributed by atoms with Crippen LogP contribution in [0.5, 0.6) is 0 Å². The highest BCUT2D eigenvalue weighted by Crippen LogP contribution is 2.40. The van der Waals surface area contributed by atoms with Gasteiger partial charge in [0.25, 0.3) is 0 Å². The summed E-state index contributed by atoms with van der Waals surface area (Å²) in [6.07, 6.45) is 5.13. The first kappa shape index (κ1) is 21.3. The van der Waals surface area contributed by atoms with Crippen LogP contribution in [0.3, 0.4) is 0 Å². The molecule has 2 aromatic heterocycles. The molecule has 8 heteroatoms. The minimum atomic E-state index is -1.69. The molecule has 1 N–H and O–H groups in total. The molecule has 30 heavy (non-hydrogen) atoms. The molecule has 6 nitrogen and oxygen atoms in total. The lowest BCUT2D eigenvalue weighted by molar-refractivity contribution is 0.0343. The fraction of sp³-hybridized carbons (Fsp3) is 0.182. The summed E-state index contributed by atoms with van der Waals surface area (Å²) >= 11 is 1.36. The van der Waals surface area contributed by atoms with Crippen LogP contribution in [-0.2, 0) is 6.54 Å². The molecule has 0 spiro atoms. The Morgan fingerprint density at radius 3 is 2.67 bits per heavy atom. The predicted octanol–water partition coefficient (Wildman–Crippen LogP) is 4.40. The van der Waals surface area contributed by atoms with Crippen molar-refractivity contribution in [1.29, 1.82) is 5.26 Å². The van der Waals surface area contributed by atoms with Crippen molar-refractivity contribution in [3.63, 3.8) is 0 Å². The maximum atomic E-state index is 14.6. The van der Waals surface area contributed by atoms with E-state index in [4.69, 9.17) is 5.26 Å². The van der Waals surface area contributed by atoms with E-state index < -0.39 is 17.3 Å². The third-order valence-corrected chi connectivity index (χ3v) is 5.92. The molecule has 152 valence electrons. The molecular formula is C22H20FN5OS. The summed E-state index contributed by atoms with van der Waals surface area (Å²) in [6, 6.07) is 9.15. The van der Waals surface area contributed by atoms with Crippen molar-refractivity contribution < 1.29 is 9.50 Å². The average Bonchev–Trinajstić information content (AvgIpc) is 3.45. The van der Waals surface area contributed by atoms with Gasteiger partial charge in [-0.1, -0.05) is 38.3 Å². The number of nitriles is 1. The summed E-state index contributed by atoms with van der Waals surface area (Å²) in [5.41, 5.74) is 0.442. The monoisotopic (exact) mass is 421 g/mol. The van der Waals surface area contributed by atoms with Crippen molar-refractivity contribution in [2.75, 3.05) is 0 Å². The average molecular weight is 422 g/mol. The number of nitrogens with zero attached hydrogens (tertiary/aromatic N) is 5. The minimum Gasteiger partial charge on any atom is -0.382 e. The molecule has 0 fully saturated rings. The molecule has 0 aliphatic carbocycles. The Kier molecular flexibility index (Phi) is 6.35. The van der Waals surface area contributed by atoms with Gasteiger partial charge < -0.3 is 5.11 Å². The fourth-order valence-corrected chi connectivity index (χ4v) is 4.12. The van der Waals surface area contributed by atoms with Crippen molar-refractivity contribution in [3.05, 3.63) is 89.6 Å². The van der Waals surface area contributed by atoms with Gasteiger partial charge in [-0.05, 0) is 18.2 Å². The quantitative estimate of drug-likeness (QED) is 0.545. The van der Waals surface area contributed by atoms with E-state index >= 15 is 0 Å². The third kappa shape index (κ3) is 4.13. The number of aromatic nitrogens is 4. The Labute approximate surface area is 178 Å². The van der Waals surface area contributed by atoms with E-state index in [0.717, 1.165) is 11.6 Å². The second kappa shape index (κ2) is 8.95. The molecule has 3 aromatic rings. The first-order valence-corrected chi connectivity index (χ1v) is 9.96. The Morgan fingerprint density at radius 2 is 2.10 bits per heavy atom. The van der Waals surface area contributed by atoms with Crippen LogP contribution in [0.2, 0.25) is 0 Å². The highest BCUT2D eigenvalue weighted by Gasteiger charge is 2.41. The van der Waals surface area contributed by atoms with E-state index in [9.17, 15) is 9.50 Å². The number of thiazole rings is 1. The van der Waals surface area contributed by atoms with E-state index in [1.165, 1.54) is 34.7 Å². The van der Waals surface area contributed by atoms with Crippen LogP contribution in [0.15, 0.2) is 79.0 Å². The van der Waals surface area contributed by atoms with Gasteiger partial charge in [-0.15, -0.1) is 11.3 Å². The molecule has 0 aliphatic rings.